The van der Waals surface area contributed by atoms with Gasteiger partial charge in [0.2, 0.25) is 0 Å². The summed E-state index contributed by atoms with van der Waals surface area (Å²) < 4.78 is 5.38. The van der Waals surface area contributed by atoms with Crippen molar-refractivity contribution in [3.63, 3.8) is 0 Å². The van der Waals surface area contributed by atoms with Crippen molar-refractivity contribution in [2.75, 3.05) is 6.54 Å². The second-order valence-corrected chi connectivity index (χ2v) is 8.77. The lowest BCUT2D eigenvalue weighted by Crippen LogP contribution is -2.45. The number of carbonyl (C=O) groups is 4. The van der Waals surface area contributed by atoms with E-state index >= 15 is 0 Å². The summed E-state index contributed by atoms with van der Waals surface area (Å²) in [5, 5.41) is 9.59. The predicted octanol–water partition coefficient (Wildman–Crippen LogP) is 2.14. The zero-order chi connectivity index (χ0) is 20.4. The van der Waals surface area contributed by atoms with Gasteiger partial charge in [-0.05, 0) is 45.7 Å². The molecular weight excluding hydrogens is 364 g/mol. The van der Waals surface area contributed by atoms with Crippen LogP contribution in [0.5, 0.6) is 0 Å². The van der Waals surface area contributed by atoms with E-state index in [4.69, 9.17) is 4.74 Å². The van der Waals surface area contributed by atoms with Crippen LogP contribution in [0, 0.1) is 5.41 Å². The maximum atomic E-state index is 12.7. The summed E-state index contributed by atoms with van der Waals surface area (Å²) in [5.41, 5.74) is -0.619. The number of imide groups is 1. The molecule has 8 nitrogen and oxygen atoms in total. The smallest absolute Gasteiger partial charge is 0.411 e. The summed E-state index contributed by atoms with van der Waals surface area (Å²) in [7, 11) is 0. The zero-order valence-electron chi connectivity index (χ0n) is 16.0. The van der Waals surface area contributed by atoms with Gasteiger partial charge in [-0.2, -0.15) is 0 Å². The Bertz CT molecular complexity index is 869. The van der Waals surface area contributed by atoms with Crippen LogP contribution in [0.15, 0.2) is 24.3 Å². The highest BCUT2D eigenvalue weighted by molar-refractivity contribution is 6.21. The van der Waals surface area contributed by atoms with E-state index in [1.807, 2.05) is 0 Å². The Kier molecular flexibility index (Phi) is 3.82. The summed E-state index contributed by atoms with van der Waals surface area (Å²) in [4.78, 5) is 52.1. The molecule has 3 atom stereocenters. The molecule has 1 aromatic rings. The van der Waals surface area contributed by atoms with Crippen molar-refractivity contribution in [3.8, 4) is 0 Å². The monoisotopic (exact) mass is 386 g/mol. The molecule has 0 spiro atoms. The molecule has 4 rings (SSSR count). The Morgan fingerprint density at radius 2 is 1.71 bits per heavy atom. The van der Waals surface area contributed by atoms with Gasteiger partial charge in [0.1, 0.15) is 11.6 Å². The van der Waals surface area contributed by atoms with E-state index in [9.17, 15) is 24.3 Å². The SMILES string of the molecule is CC(C)(C)OC(=O)N1[C@H](C(=O)O)CC2(CN3C(=O)c4ccccc4C3=O)C[C@@H]12. The molecule has 1 saturated carbocycles. The first-order valence-electron chi connectivity index (χ1n) is 9.23. The number of fused-ring (bicyclic) bond motifs is 2. The fourth-order valence-electron chi connectivity index (χ4n) is 4.35. The summed E-state index contributed by atoms with van der Waals surface area (Å²) in [6.07, 6.45) is 0.0648. The van der Waals surface area contributed by atoms with Crippen molar-refractivity contribution >= 4 is 23.9 Å². The average Bonchev–Trinajstić information content (AvgIpc) is 3.12. The molecule has 2 fully saturated rings. The maximum Gasteiger partial charge on any atom is 0.411 e. The lowest BCUT2D eigenvalue weighted by atomic mass is 9.99. The minimum Gasteiger partial charge on any atom is -0.480 e. The third kappa shape index (κ3) is 2.75. The second kappa shape index (κ2) is 5.80. The van der Waals surface area contributed by atoms with Gasteiger partial charge in [-0.3, -0.25) is 19.4 Å². The Morgan fingerprint density at radius 3 is 2.21 bits per heavy atom. The lowest BCUT2D eigenvalue weighted by Gasteiger charge is -2.28. The van der Waals surface area contributed by atoms with Gasteiger partial charge in [0.05, 0.1) is 11.1 Å². The van der Waals surface area contributed by atoms with Gasteiger partial charge in [0.25, 0.3) is 11.8 Å². The highest BCUT2D eigenvalue weighted by Gasteiger charge is 2.69. The van der Waals surface area contributed by atoms with Crippen LogP contribution in [0.4, 0.5) is 4.79 Å². The van der Waals surface area contributed by atoms with E-state index in [1.165, 1.54) is 9.80 Å². The molecule has 0 bridgehead atoms. The van der Waals surface area contributed by atoms with Gasteiger partial charge in [0, 0.05) is 18.0 Å². The topological polar surface area (TPSA) is 104 Å². The highest BCUT2D eigenvalue weighted by atomic mass is 16.6. The van der Waals surface area contributed by atoms with Gasteiger partial charge in [-0.25, -0.2) is 9.59 Å². The van der Waals surface area contributed by atoms with E-state index < -0.39 is 29.1 Å². The number of amides is 3. The summed E-state index contributed by atoms with van der Waals surface area (Å²) in [6, 6.07) is 5.24. The first kappa shape index (κ1) is 18.5. The molecule has 1 aromatic carbocycles. The lowest BCUT2D eigenvalue weighted by molar-refractivity contribution is -0.142. The Hall–Kier alpha value is -2.90. The number of benzene rings is 1. The van der Waals surface area contributed by atoms with Crippen molar-refractivity contribution in [2.24, 2.45) is 5.41 Å². The molecule has 2 aliphatic heterocycles. The van der Waals surface area contributed by atoms with Crippen molar-refractivity contribution in [1.82, 2.24) is 9.80 Å². The molecule has 3 aliphatic rings. The van der Waals surface area contributed by atoms with Crippen LogP contribution < -0.4 is 0 Å². The third-order valence-corrected chi connectivity index (χ3v) is 5.66. The molecule has 0 radical (unpaired) electrons. The number of carboxylic acid groups (broad SMARTS) is 1. The molecule has 1 aliphatic carbocycles. The Labute approximate surface area is 162 Å². The van der Waals surface area contributed by atoms with Crippen molar-refractivity contribution in [3.05, 3.63) is 35.4 Å². The largest absolute Gasteiger partial charge is 0.480 e. The van der Waals surface area contributed by atoms with Gasteiger partial charge < -0.3 is 9.84 Å². The number of hydrogen-bond acceptors (Lipinski definition) is 5. The molecule has 8 heteroatoms. The molecule has 1 unspecified atom stereocenters. The van der Waals surface area contributed by atoms with Gasteiger partial charge in [0.15, 0.2) is 0 Å². The number of aliphatic carboxylic acids is 1. The quantitative estimate of drug-likeness (QED) is 0.798. The second-order valence-electron chi connectivity index (χ2n) is 8.77. The van der Waals surface area contributed by atoms with Gasteiger partial charge in [-0.1, -0.05) is 12.1 Å². The van der Waals surface area contributed by atoms with Crippen molar-refractivity contribution in [1.29, 1.82) is 0 Å². The van der Waals surface area contributed by atoms with Crippen LogP contribution >= 0.6 is 0 Å². The molecular formula is C20H22N2O6. The van der Waals surface area contributed by atoms with E-state index in [-0.39, 0.29) is 30.8 Å². The fourth-order valence-corrected chi connectivity index (χ4v) is 4.35. The van der Waals surface area contributed by atoms with E-state index in [1.54, 1.807) is 45.0 Å². The number of likely N-dealkylation sites (tertiary alicyclic amines) is 1. The van der Waals surface area contributed by atoms with E-state index in [0.717, 1.165) is 0 Å². The Morgan fingerprint density at radius 1 is 1.14 bits per heavy atom. The summed E-state index contributed by atoms with van der Waals surface area (Å²) in [5.74, 6) is -1.86. The van der Waals surface area contributed by atoms with Gasteiger partial charge in [-0.15, -0.1) is 0 Å². The van der Waals surface area contributed by atoms with Crippen LogP contribution in [-0.4, -0.2) is 63.0 Å². The minimum atomic E-state index is -1.11. The summed E-state index contributed by atoms with van der Waals surface area (Å²) >= 11 is 0. The third-order valence-electron chi connectivity index (χ3n) is 5.66. The number of carbonyl (C=O) groups excluding carboxylic acids is 3. The van der Waals surface area contributed by atoms with Crippen molar-refractivity contribution < 1.29 is 29.0 Å². The number of nitrogens with zero attached hydrogens (tertiary/aromatic N) is 2. The van der Waals surface area contributed by atoms with Crippen LogP contribution in [0.2, 0.25) is 0 Å². The molecule has 0 aromatic heterocycles. The van der Waals surface area contributed by atoms with E-state index in [0.29, 0.717) is 17.5 Å². The Balaban J connectivity index is 1.56. The normalized spacial score (nSPS) is 28.2. The molecule has 28 heavy (non-hydrogen) atoms. The van der Waals surface area contributed by atoms with E-state index in [2.05, 4.69) is 0 Å². The first-order valence-corrected chi connectivity index (χ1v) is 9.23. The van der Waals surface area contributed by atoms with Crippen LogP contribution in [0.1, 0.15) is 54.3 Å². The highest BCUT2D eigenvalue weighted by Crippen LogP contribution is 2.60. The first-order chi connectivity index (χ1) is 13.0. The standard InChI is InChI=1S/C20H22N2O6/c1-19(2,3)28-18(27)22-13(17(25)26)8-20(9-14(20)22)10-21-15(23)11-6-4-5-7-12(11)16(21)24/h4-7,13-14H,8-10H2,1-3H3,(H,25,26)/t13-,14+,20?/m0/s1. The molecule has 1 saturated heterocycles. The number of piperidine rings is 1. The number of rotatable bonds is 3. The zero-order valence-corrected chi connectivity index (χ0v) is 16.0. The summed E-state index contributed by atoms with van der Waals surface area (Å²) in [6.45, 7) is 5.26. The molecule has 3 amide bonds. The number of carboxylic acids is 1. The van der Waals surface area contributed by atoms with Crippen molar-refractivity contribution in [2.45, 2.75) is 51.3 Å². The molecule has 1 N–H and O–H groups in total. The fraction of sp³-hybridized carbons (Fsp3) is 0.500. The maximum absolute atomic E-state index is 12.7. The number of ether oxygens (including phenoxy) is 1. The van der Waals surface area contributed by atoms with Crippen LogP contribution in [0.25, 0.3) is 0 Å². The van der Waals surface area contributed by atoms with Crippen LogP contribution in [0.3, 0.4) is 0 Å². The average molecular weight is 386 g/mol. The predicted molar refractivity (Wildman–Crippen MR) is 96.8 cm³/mol. The van der Waals surface area contributed by atoms with Gasteiger partial charge >= 0.3 is 12.1 Å². The molecule has 148 valence electrons. The number of hydrogen-bond donors (Lipinski definition) is 1. The van der Waals surface area contributed by atoms with Crippen LogP contribution in [-0.2, 0) is 9.53 Å². The minimum absolute atomic E-state index is 0.104. The molecule has 2 heterocycles.